The van der Waals surface area contributed by atoms with Gasteiger partial charge < -0.3 is 10.2 Å². The highest BCUT2D eigenvalue weighted by Crippen LogP contribution is 2.34. The van der Waals surface area contributed by atoms with Crippen LogP contribution in [0.15, 0.2) is 24.3 Å². The first-order valence-corrected chi connectivity index (χ1v) is 6.15. The zero-order valence-corrected chi connectivity index (χ0v) is 11.0. The highest BCUT2D eigenvalue weighted by atomic mass is 19.2. The molecule has 1 unspecified atom stereocenters. The van der Waals surface area contributed by atoms with Gasteiger partial charge in [-0.15, -0.1) is 0 Å². The molecular formula is C14H16F2N2O. The summed E-state index contributed by atoms with van der Waals surface area (Å²) in [6.07, 6.45) is 0.573. The van der Waals surface area contributed by atoms with Crippen molar-refractivity contribution in [1.82, 2.24) is 0 Å². The highest BCUT2D eigenvalue weighted by molar-refractivity contribution is 6.05. The van der Waals surface area contributed by atoms with E-state index in [1.165, 1.54) is 4.90 Å². The molecule has 1 heterocycles. The van der Waals surface area contributed by atoms with Crippen molar-refractivity contribution in [3.05, 3.63) is 35.9 Å². The van der Waals surface area contributed by atoms with Crippen molar-refractivity contribution in [3.63, 3.8) is 0 Å². The maximum atomic E-state index is 13.4. The molecule has 0 saturated heterocycles. The summed E-state index contributed by atoms with van der Waals surface area (Å²) < 4.78 is 26.6. The molecule has 1 amide bonds. The van der Waals surface area contributed by atoms with E-state index >= 15 is 0 Å². The van der Waals surface area contributed by atoms with E-state index in [1.807, 2.05) is 6.92 Å². The highest BCUT2D eigenvalue weighted by Gasteiger charge is 2.32. The van der Waals surface area contributed by atoms with E-state index in [1.54, 1.807) is 6.92 Å². The van der Waals surface area contributed by atoms with Gasteiger partial charge in [0.05, 0.1) is 11.4 Å². The van der Waals surface area contributed by atoms with E-state index in [2.05, 4.69) is 11.9 Å². The lowest BCUT2D eigenvalue weighted by Gasteiger charge is -2.35. The number of fused-ring (bicyclic) bond motifs is 1. The number of benzene rings is 1. The number of hydrogen-bond acceptors (Lipinski definition) is 2. The second-order valence-electron chi connectivity index (χ2n) is 4.77. The van der Waals surface area contributed by atoms with Crippen LogP contribution < -0.4 is 10.2 Å². The van der Waals surface area contributed by atoms with E-state index < -0.39 is 17.7 Å². The average Bonchev–Trinajstić information content (AvgIpc) is 2.34. The molecule has 19 heavy (non-hydrogen) atoms. The van der Waals surface area contributed by atoms with Crippen LogP contribution in [0.4, 0.5) is 20.2 Å². The summed E-state index contributed by atoms with van der Waals surface area (Å²) in [6, 6.07) is 1.71. The Hall–Kier alpha value is -1.91. The molecule has 1 aromatic rings. The number of carbonyl (C=O) groups is 1. The third-order valence-electron chi connectivity index (χ3n) is 3.06. The van der Waals surface area contributed by atoms with Crippen LogP contribution in [-0.4, -0.2) is 18.5 Å². The second kappa shape index (κ2) is 4.99. The summed E-state index contributed by atoms with van der Waals surface area (Å²) in [7, 11) is 0. The fourth-order valence-electron chi connectivity index (χ4n) is 2.14. The Kier molecular flexibility index (Phi) is 3.55. The van der Waals surface area contributed by atoms with Crippen LogP contribution in [0.5, 0.6) is 0 Å². The number of amides is 1. The van der Waals surface area contributed by atoms with E-state index in [4.69, 9.17) is 0 Å². The summed E-state index contributed by atoms with van der Waals surface area (Å²) in [6.45, 7) is 7.71. The Morgan fingerprint density at radius 3 is 2.63 bits per heavy atom. The Bertz CT molecular complexity index is 542. The second-order valence-corrected chi connectivity index (χ2v) is 4.77. The van der Waals surface area contributed by atoms with Crippen LogP contribution in [0, 0.1) is 11.6 Å². The lowest BCUT2D eigenvalue weighted by molar-refractivity contribution is -0.119. The molecule has 0 spiro atoms. The van der Waals surface area contributed by atoms with Crippen molar-refractivity contribution in [2.75, 3.05) is 16.8 Å². The van der Waals surface area contributed by atoms with E-state index in [0.717, 1.165) is 17.7 Å². The molecule has 1 aliphatic heterocycles. The van der Waals surface area contributed by atoms with Crippen LogP contribution in [-0.2, 0) is 4.79 Å². The molecule has 3 nitrogen and oxygen atoms in total. The molecule has 1 N–H and O–H groups in total. The van der Waals surface area contributed by atoms with Gasteiger partial charge in [0.25, 0.3) is 0 Å². The molecule has 0 aromatic heterocycles. The summed E-state index contributed by atoms with van der Waals surface area (Å²) in [5, 5.41) is 2.94. The number of rotatable bonds is 3. The minimum Gasteiger partial charge on any atom is -0.372 e. The van der Waals surface area contributed by atoms with Gasteiger partial charge in [0.2, 0.25) is 5.91 Å². The molecule has 1 atom stereocenters. The van der Waals surface area contributed by atoms with Gasteiger partial charge in [-0.25, -0.2) is 8.78 Å². The van der Waals surface area contributed by atoms with Crippen LogP contribution in [0.1, 0.15) is 20.3 Å². The van der Waals surface area contributed by atoms with Gasteiger partial charge in [-0.2, -0.15) is 0 Å². The Morgan fingerprint density at radius 2 is 2.05 bits per heavy atom. The summed E-state index contributed by atoms with van der Waals surface area (Å²) in [5.41, 5.74) is 1.57. The van der Waals surface area contributed by atoms with Crippen molar-refractivity contribution in [2.24, 2.45) is 0 Å². The van der Waals surface area contributed by atoms with Crippen LogP contribution in [0.25, 0.3) is 0 Å². The monoisotopic (exact) mass is 266 g/mol. The molecule has 5 heteroatoms. The van der Waals surface area contributed by atoms with Crippen LogP contribution in [0.3, 0.4) is 0 Å². The van der Waals surface area contributed by atoms with Gasteiger partial charge >= 0.3 is 0 Å². The Balaban J connectivity index is 2.50. The van der Waals surface area contributed by atoms with Crippen molar-refractivity contribution in [3.8, 4) is 0 Å². The zero-order valence-electron chi connectivity index (χ0n) is 11.0. The van der Waals surface area contributed by atoms with Gasteiger partial charge in [0.1, 0.15) is 6.04 Å². The number of nitrogens with zero attached hydrogens (tertiary/aromatic N) is 1. The molecule has 2 rings (SSSR count). The average molecular weight is 266 g/mol. The summed E-state index contributed by atoms with van der Waals surface area (Å²) in [5.74, 6) is -2.04. The molecule has 1 aromatic carbocycles. The minimum atomic E-state index is -0.963. The summed E-state index contributed by atoms with van der Waals surface area (Å²) in [4.78, 5) is 13.7. The fraction of sp³-hybridized carbons (Fsp3) is 0.357. The van der Waals surface area contributed by atoms with E-state index in [-0.39, 0.29) is 5.91 Å². The van der Waals surface area contributed by atoms with Crippen molar-refractivity contribution >= 4 is 17.3 Å². The molecule has 0 bridgehead atoms. The predicted molar refractivity (Wildman–Crippen MR) is 71.2 cm³/mol. The van der Waals surface area contributed by atoms with Crippen molar-refractivity contribution < 1.29 is 13.6 Å². The number of carbonyl (C=O) groups excluding carboxylic acids is 1. The van der Waals surface area contributed by atoms with E-state index in [9.17, 15) is 13.6 Å². The number of anilines is 2. The van der Waals surface area contributed by atoms with Crippen LogP contribution >= 0.6 is 0 Å². The van der Waals surface area contributed by atoms with Gasteiger partial charge in [-0.3, -0.25) is 4.79 Å². The van der Waals surface area contributed by atoms with Crippen molar-refractivity contribution in [1.29, 1.82) is 0 Å². The maximum absolute atomic E-state index is 13.4. The lowest BCUT2D eigenvalue weighted by atomic mass is 10.1. The molecule has 1 aliphatic rings. The first-order chi connectivity index (χ1) is 8.93. The fourth-order valence-corrected chi connectivity index (χ4v) is 2.14. The van der Waals surface area contributed by atoms with Gasteiger partial charge in [0, 0.05) is 18.7 Å². The first kappa shape index (κ1) is 13.5. The lowest BCUT2D eigenvalue weighted by Crippen LogP contribution is -2.47. The predicted octanol–water partition coefficient (Wildman–Crippen LogP) is 3.08. The number of hydrogen-bond donors (Lipinski definition) is 1. The number of halogens is 2. The smallest absolute Gasteiger partial charge is 0.249 e. The molecule has 0 aliphatic carbocycles. The van der Waals surface area contributed by atoms with Gasteiger partial charge in [0.15, 0.2) is 11.6 Å². The largest absolute Gasteiger partial charge is 0.372 e. The Morgan fingerprint density at radius 1 is 1.42 bits per heavy atom. The quantitative estimate of drug-likeness (QED) is 0.853. The molecule has 0 saturated carbocycles. The van der Waals surface area contributed by atoms with E-state index in [0.29, 0.717) is 24.3 Å². The molecule has 102 valence electrons. The zero-order chi connectivity index (χ0) is 14.2. The molecule has 0 fully saturated rings. The maximum Gasteiger partial charge on any atom is 0.249 e. The molecule has 0 radical (unpaired) electrons. The van der Waals surface area contributed by atoms with Gasteiger partial charge in [-0.1, -0.05) is 19.1 Å². The van der Waals surface area contributed by atoms with Gasteiger partial charge in [-0.05, 0) is 13.3 Å². The Labute approximate surface area is 110 Å². The number of nitrogens with one attached hydrogen (secondary N) is 1. The topological polar surface area (TPSA) is 32.3 Å². The normalized spacial score (nSPS) is 18.0. The third kappa shape index (κ3) is 2.45. The SMILES string of the molecule is C=C(C)CN1C(=O)C(CC)Nc2cc(F)c(F)cc21. The van der Waals surface area contributed by atoms with Crippen molar-refractivity contribution in [2.45, 2.75) is 26.3 Å². The first-order valence-electron chi connectivity index (χ1n) is 6.15. The standard InChI is InChI=1S/C14H16F2N2O/c1-4-11-14(19)18(7-8(2)3)13-6-10(16)9(15)5-12(13)17-11/h5-6,11,17H,2,4,7H2,1,3H3. The minimum absolute atomic E-state index is 0.149. The molecular weight excluding hydrogens is 250 g/mol. The third-order valence-corrected chi connectivity index (χ3v) is 3.06. The summed E-state index contributed by atoms with van der Waals surface area (Å²) >= 11 is 0. The van der Waals surface area contributed by atoms with Crippen LogP contribution in [0.2, 0.25) is 0 Å².